The molecule has 0 spiro atoms. The first kappa shape index (κ1) is 14.2. The van der Waals surface area contributed by atoms with E-state index in [0.717, 1.165) is 12.1 Å². The van der Waals surface area contributed by atoms with E-state index < -0.39 is 11.6 Å². The van der Waals surface area contributed by atoms with Crippen LogP contribution in [0, 0.1) is 23.0 Å². The summed E-state index contributed by atoms with van der Waals surface area (Å²) in [6.07, 6.45) is 3.09. The summed E-state index contributed by atoms with van der Waals surface area (Å²) in [4.78, 5) is 4.30. The van der Waals surface area contributed by atoms with Crippen molar-refractivity contribution in [1.29, 1.82) is 5.26 Å². The van der Waals surface area contributed by atoms with Crippen LogP contribution < -0.4 is 0 Å². The molecule has 0 bridgehead atoms. The van der Waals surface area contributed by atoms with Gasteiger partial charge in [-0.1, -0.05) is 0 Å². The van der Waals surface area contributed by atoms with E-state index in [9.17, 15) is 14.0 Å². The third kappa shape index (κ3) is 2.80. The van der Waals surface area contributed by atoms with E-state index >= 15 is 0 Å². The van der Waals surface area contributed by atoms with Gasteiger partial charge < -0.3 is 4.42 Å². The molecule has 108 valence electrons. The molecule has 6 heteroatoms. The highest BCUT2D eigenvalue weighted by Gasteiger charge is 2.11. The maximum atomic E-state index is 13.3. The Morgan fingerprint density at radius 2 is 2.14 bits per heavy atom. The van der Waals surface area contributed by atoms with Crippen molar-refractivity contribution in [2.75, 3.05) is 0 Å². The molecule has 3 aromatic rings. The molecule has 0 N–H and O–H groups in total. The average Bonchev–Trinajstić information content (AvgIpc) is 3.18. The molecule has 3 nitrogen and oxygen atoms in total. The Morgan fingerprint density at radius 1 is 1.27 bits per heavy atom. The molecular formula is C16H8F2N2OS. The number of benzene rings is 1. The molecule has 0 atom stereocenters. The third-order valence-corrected chi connectivity index (χ3v) is 3.78. The second-order valence-electron chi connectivity index (χ2n) is 4.35. The summed E-state index contributed by atoms with van der Waals surface area (Å²) in [5.74, 6) is -1.30. The second kappa shape index (κ2) is 5.92. The molecule has 0 saturated carbocycles. The number of hydrogen-bond donors (Lipinski definition) is 0. The lowest BCUT2D eigenvalue weighted by atomic mass is 10.1. The van der Waals surface area contributed by atoms with Crippen LogP contribution in [0.4, 0.5) is 8.78 Å². The zero-order chi connectivity index (χ0) is 15.5. The maximum Gasteiger partial charge on any atom is 0.159 e. The molecule has 0 radical (unpaired) electrons. The van der Waals surface area contributed by atoms with Crippen molar-refractivity contribution >= 4 is 23.0 Å². The monoisotopic (exact) mass is 314 g/mol. The standard InChI is InChI=1S/C16H8F2N2OS/c17-13-4-3-10(7-14(13)18)15-9-22-16(20-15)11(8-19)6-12-2-1-5-21-12/h1-7,9H/b11-6-. The van der Waals surface area contributed by atoms with Gasteiger partial charge in [-0.2, -0.15) is 5.26 Å². The molecule has 2 heterocycles. The first-order valence-electron chi connectivity index (χ1n) is 6.24. The van der Waals surface area contributed by atoms with Crippen molar-refractivity contribution in [2.45, 2.75) is 0 Å². The van der Waals surface area contributed by atoms with Crippen molar-refractivity contribution in [1.82, 2.24) is 4.98 Å². The molecule has 0 fully saturated rings. The number of halogens is 2. The third-order valence-electron chi connectivity index (χ3n) is 2.90. The van der Waals surface area contributed by atoms with E-state index in [1.807, 2.05) is 0 Å². The summed E-state index contributed by atoms with van der Waals surface area (Å²) < 4.78 is 31.4. The smallest absolute Gasteiger partial charge is 0.159 e. The first-order valence-corrected chi connectivity index (χ1v) is 7.12. The zero-order valence-electron chi connectivity index (χ0n) is 11.1. The zero-order valence-corrected chi connectivity index (χ0v) is 11.9. The SMILES string of the molecule is N#C/C(=C/c1ccco1)c1nc(-c2ccc(F)c(F)c2)cs1. The Kier molecular flexibility index (Phi) is 3.81. The molecular weight excluding hydrogens is 306 g/mol. The highest BCUT2D eigenvalue weighted by molar-refractivity contribution is 7.11. The quantitative estimate of drug-likeness (QED) is 0.656. The molecule has 3 rings (SSSR count). The molecule has 0 unspecified atom stereocenters. The summed E-state index contributed by atoms with van der Waals surface area (Å²) in [5.41, 5.74) is 1.28. The Bertz CT molecular complexity index is 876. The molecule has 22 heavy (non-hydrogen) atoms. The minimum atomic E-state index is -0.932. The van der Waals surface area contributed by atoms with Crippen LogP contribution in [0.1, 0.15) is 10.8 Å². The minimum absolute atomic E-state index is 0.341. The highest BCUT2D eigenvalue weighted by Crippen LogP contribution is 2.28. The predicted octanol–water partition coefficient (Wildman–Crippen LogP) is 4.75. The fourth-order valence-corrected chi connectivity index (χ4v) is 2.64. The Labute approximate surface area is 128 Å². The van der Waals surface area contributed by atoms with Crippen LogP contribution >= 0.6 is 11.3 Å². The number of thiazole rings is 1. The van der Waals surface area contributed by atoms with Crippen molar-refractivity contribution in [2.24, 2.45) is 0 Å². The largest absolute Gasteiger partial charge is 0.465 e. The van der Waals surface area contributed by atoms with Crippen LogP contribution in [-0.4, -0.2) is 4.98 Å². The maximum absolute atomic E-state index is 13.3. The lowest BCUT2D eigenvalue weighted by molar-refractivity contribution is 0.509. The predicted molar refractivity (Wildman–Crippen MR) is 79.7 cm³/mol. The Morgan fingerprint density at radius 3 is 2.82 bits per heavy atom. The lowest BCUT2D eigenvalue weighted by Gasteiger charge is -1.97. The minimum Gasteiger partial charge on any atom is -0.465 e. The number of nitrogens with zero attached hydrogens (tertiary/aromatic N) is 2. The van der Waals surface area contributed by atoms with Crippen LogP contribution in [0.5, 0.6) is 0 Å². The van der Waals surface area contributed by atoms with E-state index in [-0.39, 0.29) is 0 Å². The second-order valence-corrected chi connectivity index (χ2v) is 5.21. The van der Waals surface area contributed by atoms with Crippen molar-refractivity contribution in [3.8, 4) is 17.3 Å². The van der Waals surface area contributed by atoms with Gasteiger partial charge >= 0.3 is 0 Å². The topological polar surface area (TPSA) is 49.8 Å². The molecule has 2 aromatic heterocycles. The summed E-state index contributed by atoms with van der Waals surface area (Å²) in [7, 11) is 0. The van der Waals surface area contributed by atoms with Crippen LogP contribution in [-0.2, 0) is 0 Å². The fourth-order valence-electron chi connectivity index (χ4n) is 1.84. The van der Waals surface area contributed by atoms with Crippen LogP contribution in [0.3, 0.4) is 0 Å². The highest BCUT2D eigenvalue weighted by atomic mass is 32.1. The van der Waals surface area contributed by atoms with Gasteiger partial charge in [-0.25, -0.2) is 13.8 Å². The number of nitriles is 1. The summed E-state index contributed by atoms with van der Waals surface area (Å²) in [6.45, 7) is 0. The Hall–Kier alpha value is -2.78. The average molecular weight is 314 g/mol. The normalized spacial score (nSPS) is 11.4. The number of rotatable bonds is 3. The number of furan rings is 1. The van der Waals surface area contributed by atoms with Crippen molar-refractivity contribution in [3.05, 3.63) is 64.4 Å². The summed E-state index contributed by atoms with van der Waals surface area (Å²) in [6, 6.07) is 9.07. The molecule has 0 aliphatic heterocycles. The van der Waals surface area contributed by atoms with Gasteiger partial charge in [0, 0.05) is 17.0 Å². The molecule has 0 aliphatic rings. The number of allylic oxidation sites excluding steroid dienone is 1. The summed E-state index contributed by atoms with van der Waals surface area (Å²) >= 11 is 1.25. The first-order chi connectivity index (χ1) is 10.7. The number of aromatic nitrogens is 1. The molecule has 0 aliphatic carbocycles. The van der Waals surface area contributed by atoms with Crippen molar-refractivity contribution < 1.29 is 13.2 Å². The van der Waals surface area contributed by atoms with Gasteiger partial charge in [0.1, 0.15) is 16.8 Å². The van der Waals surface area contributed by atoms with E-state index in [0.29, 0.717) is 27.6 Å². The Balaban J connectivity index is 1.96. The molecule has 1 aromatic carbocycles. The van der Waals surface area contributed by atoms with Gasteiger partial charge in [-0.05, 0) is 30.3 Å². The van der Waals surface area contributed by atoms with E-state index in [4.69, 9.17) is 4.42 Å². The van der Waals surface area contributed by atoms with Gasteiger partial charge in [0.15, 0.2) is 11.6 Å². The van der Waals surface area contributed by atoms with Gasteiger partial charge in [0.25, 0.3) is 0 Å². The molecule has 0 saturated heterocycles. The van der Waals surface area contributed by atoms with Crippen LogP contribution in [0.2, 0.25) is 0 Å². The van der Waals surface area contributed by atoms with Crippen LogP contribution in [0.15, 0.2) is 46.4 Å². The van der Waals surface area contributed by atoms with E-state index in [1.54, 1.807) is 23.6 Å². The van der Waals surface area contributed by atoms with E-state index in [1.165, 1.54) is 23.7 Å². The molecule has 0 amide bonds. The van der Waals surface area contributed by atoms with Crippen molar-refractivity contribution in [3.63, 3.8) is 0 Å². The lowest BCUT2D eigenvalue weighted by Crippen LogP contribution is -1.86. The number of hydrogen-bond acceptors (Lipinski definition) is 4. The van der Waals surface area contributed by atoms with Gasteiger partial charge in [0.2, 0.25) is 0 Å². The van der Waals surface area contributed by atoms with Gasteiger partial charge in [0.05, 0.1) is 17.5 Å². The van der Waals surface area contributed by atoms with Gasteiger partial charge in [-0.15, -0.1) is 11.3 Å². The van der Waals surface area contributed by atoms with E-state index in [2.05, 4.69) is 11.1 Å². The summed E-state index contributed by atoms with van der Waals surface area (Å²) in [5, 5.41) is 11.4. The van der Waals surface area contributed by atoms with Crippen LogP contribution in [0.25, 0.3) is 22.9 Å². The fraction of sp³-hybridized carbons (Fsp3) is 0. The van der Waals surface area contributed by atoms with Gasteiger partial charge in [-0.3, -0.25) is 0 Å².